The van der Waals surface area contributed by atoms with Gasteiger partial charge in [-0.05, 0) is 50.0 Å². The predicted octanol–water partition coefficient (Wildman–Crippen LogP) is 2.23. The molecule has 2 rings (SSSR count). The summed E-state index contributed by atoms with van der Waals surface area (Å²) < 4.78 is 0. The molecule has 1 fully saturated rings. The first kappa shape index (κ1) is 14.4. The second-order valence-electron chi connectivity index (χ2n) is 5.53. The monoisotopic (exact) mass is 261 g/mol. The molecule has 0 unspecified atom stereocenters. The summed E-state index contributed by atoms with van der Waals surface area (Å²) in [4.78, 5) is 5.17. The normalized spacial score (nSPS) is 17.7. The molecule has 1 heterocycles. The van der Waals surface area contributed by atoms with Crippen LogP contribution >= 0.6 is 0 Å². The smallest absolute Gasteiger partial charge is 0.0316 e. The average molecular weight is 261 g/mol. The standard InChI is InChI=1S/C16H27N3/c1-2-8-18-10-12-19(13-11-18)9-4-6-15-5-3-7-16(17)14-15/h3,5,7,14H,2,4,6,8-13,17H2,1H3. The zero-order valence-corrected chi connectivity index (χ0v) is 12.1. The van der Waals surface area contributed by atoms with Crippen molar-refractivity contribution in [3.05, 3.63) is 29.8 Å². The van der Waals surface area contributed by atoms with E-state index < -0.39 is 0 Å². The second kappa shape index (κ2) is 7.51. The first-order chi connectivity index (χ1) is 9.28. The summed E-state index contributed by atoms with van der Waals surface area (Å²) in [6.07, 6.45) is 3.65. The highest BCUT2D eigenvalue weighted by atomic mass is 15.3. The van der Waals surface area contributed by atoms with Gasteiger partial charge in [0.1, 0.15) is 0 Å². The van der Waals surface area contributed by atoms with Crippen molar-refractivity contribution in [3.63, 3.8) is 0 Å². The molecule has 1 aliphatic heterocycles. The van der Waals surface area contributed by atoms with Crippen LogP contribution in [0.1, 0.15) is 25.3 Å². The minimum atomic E-state index is 0.880. The molecule has 1 aromatic rings. The van der Waals surface area contributed by atoms with E-state index >= 15 is 0 Å². The van der Waals surface area contributed by atoms with E-state index in [1.165, 1.54) is 57.7 Å². The summed E-state index contributed by atoms with van der Waals surface area (Å²) in [7, 11) is 0. The molecular formula is C16H27N3. The first-order valence-electron chi connectivity index (χ1n) is 7.57. The number of benzene rings is 1. The molecule has 1 aliphatic rings. The zero-order chi connectivity index (χ0) is 13.5. The quantitative estimate of drug-likeness (QED) is 0.797. The third kappa shape index (κ3) is 4.84. The van der Waals surface area contributed by atoms with E-state index in [-0.39, 0.29) is 0 Å². The molecule has 0 aromatic heterocycles. The number of nitrogen functional groups attached to an aromatic ring is 1. The van der Waals surface area contributed by atoms with Crippen molar-refractivity contribution in [2.45, 2.75) is 26.2 Å². The fourth-order valence-electron chi connectivity index (χ4n) is 2.81. The van der Waals surface area contributed by atoms with Crippen LogP contribution < -0.4 is 5.73 Å². The maximum atomic E-state index is 5.80. The molecule has 1 aromatic carbocycles. The van der Waals surface area contributed by atoms with Crippen LogP contribution in [-0.2, 0) is 6.42 Å². The van der Waals surface area contributed by atoms with Crippen LogP contribution in [0.25, 0.3) is 0 Å². The van der Waals surface area contributed by atoms with E-state index in [4.69, 9.17) is 5.73 Å². The van der Waals surface area contributed by atoms with Crippen LogP contribution in [0.4, 0.5) is 5.69 Å². The van der Waals surface area contributed by atoms with Gasteiger partial charge < -0.3 is 15.5 Å². The lowest BCUT2D eigenvalue weighted by Crippen LogP contribution is -2.46. The summed E-state index contributed by atoms with van der Waals surface area (Å²) in [6.45, 7) is 9.69. The first-order valence-corrected chi connectivity index (χ1v) is 7.57. The molecule has 0 aliphatic carbocycles. The van der Waals surface area contributed by atoms with Gasteiger partial charge in [-0.2, -0.15) is 0 Å². The van der Waals surface area contributed by atoms with Crippen molar-refractivity contribution in [3.8, 4) is 0 Å². The molecule has 2 N–H and O–H groups in total. The number of anilines is 1. The third-order valence-corrected chi connectivity index (χ3v) is 3.90. The predicted molar refractivity (Wildman–Crippen MR) is 82.3 cm³/mol. The van der Waals surface area contributed by atoms with Gasteiger partial charge in [0.2, 0.25) is 0 Å². The molecule has 3 heteroatoms. The lowest BCUT2D eigenvalue weighted by molar-refractivity contribution is 0.131. The van der Waals surface area contributed by atoms with E-state index in [2.05, 4.69) is 28.9 Å². The minimum absolute atomic E-state index is 0.880. The molecule has 1 saturated heterocycles. The Kier molecular flexibility index (Phi) is 5.67. The maximum Gasteiger partial charge on any atom is 0.0316 e. The number of piperazine rings is 1. The van der Waals surface area contributed by atoms with Crippen molar-refractivity contribution < 1.29 is 0 Å². The largest absolute Gasteiger partial charge is 0.399 e. The molecule has 3 nitrogen and oxygen atoms in total. The Morgan fingerprint density at radius 2 is 1.74 bits per heavy atom. The highest BCUT2D eigenvalue weighted by molar-refractivity contribution is 5.40. The van der Waals surface area contributed by atoms with Crippen LogP contribution in [0, 0.1) is 0 Å². The number of nitrogens with two attached hydrogens (primary N) is 1. The molecule has 0 atom stereocenters. The summed E-state index contributed by atoms with van der Waals surface area (Å²) in [6, 6.07) is 8.28. The highest BCUT2D eigenvalue weighted by Crippen LogP contribution is 2.10. The van der Waals surface area contributed by atoms with Gasteiger partial charge in [0.25, 0.3) is 0 Å². The van der Waals surface area contributed by atoms with Crippen LogP contribution in [0.2, 0.25) is 0 Å². The fraction of sp³-hybridized carbons (Fsp3) is 0.625. The average Bonchev–Trinajstić information content (AvgIpc) is 2.41. The van der Waals surface area contributed by atoms with E-state index in [1.807, 2.05) is 12.1 Å². The molecule has 19 heavy (non-hydrogen) atoms. The Morgan fingerprint density at radius 1 is 1.05 bits per heavy atom. The van der Waals surface area contributed by atoms with Gasteiger partial charge in [-0.3, -0.25) is 0 Å². The maximum absolute atomic E-state index is 5.80. The van der Waals surface area contributed by atoms with Gasteiger partial charge in [-0.25, -0.2) is 0 Å². The van der Waals surface area contributed by atoms with Crippen molar-refractivity contribution in [1.82, 2.24) is 9.80 Å². The van der Waals surface area contributed by atoms with Gasteiger partial charge in [0.15, 0.2) is 0 Å². The lowest BCUT2D eigenvalue weighted by atomic mass is 10.1. The van der Waals surface area contributed by atoms with Crippen LogP contribution in [0.3, 0.4) is 0 Å². The van der Waals surface area contributed by atoms with E-state index in [0.717, 1.165) is 12.1 Å². The molecular weight excluding hydrogens is 234 g/mol. The summed E-state index contributed by atoms with van der Waals surface area (Å²) >= 11 is 0. The van der Waals surface area contributed by atoms with E-state index in [0.29, 0.717) is 0 Å². The molecule has 0 spiro atoms. The lowest BCUT2D eigenvalue weighted by Gasteiger charge is -2.34. The SMILES string of the molecule is CCCN1CCN(CCCc2cccc(N)c2)CC1. The molecule has 106 valence electrons. The van der Waals surface area contributed by atoms with Crippen LogP contribution in [0.5, 0.6) is 0 Å². The Labute approximate surface area is 117 Å². The van der Waals surface area contributed by atoms with E-state index in [1.54, 1.807) is 0 Å². The van der Waals surface area contributed by atoms with Crippen LogP contribution in [-0.4, -0.2) is 49.1 Å². The van der Waals surface area contributed by atoms with Crippen molar-refractivity contribution in [1.29, 1.82) is 0 Å². The fourth-order valence-corrected chi connectivity index (χ4v) is 2.81. The Morgan fingerprint density at radius 3 is 2.37 bits per heavy atom. The number of rotatable bonds is 6. The third-order valence-electron chi connectivity index (χ3n) is 3.90. The number of aryl methyl sites for hydroxylation is 1. The van der Waals surface area contributed by atoms with Crippen molar-refractivity contribution >= 4 is 5.69 Å². The molecule has 0 amide bonds. The Hall–Kier alpha value is -1.06. The van der Waals surface area contributed by atoms with Gasteiger partial charge >= 0.3 is 0 Å². The Bertz CT molecular complexity index is 370. The van der Waals surface area contributed by atoms with Crippen LogP contribution in [0.15, 0.2) is 24.3 Å². The summed E-state index contributed by atoms with van der Waals surface area (Å²) in [5.41, 5.74) is 8.05. The Balaban J connectivity index is 1.64. The molecule has 0 radical (unpaired) electrons. The topological polar surface area (TPSA) is 32.5 Å². The van der Waals surface area contributed by atoms with Gasteiger partial charge in [-0.15, -0.1) is 0 Å². The number of hydrogen-bond donors (Lipinski definition) is 1. The minimum Gasteiger partial charge on any atom is -0.399 e. The van der Waals surface area contributed by atoms with E-state index in [9.17, 15) is 0 Å². The number of nitrogens with zero attached hydrogens (tertiary/aromatic N) is 2. The summed E-state index contributed by atoms with van der Waals surface area (Å²) in [5.74, 6) is 0. The highest BCUT2D eigenvalue weighted by Gasteiger charge is 2.15. The zero-order valence-electron chi connectivity index (χ0n) is 12.1. The van der Waals surface area contributed by atoms with Gasteiger partial charge in [0, 0.05) is 31.9 Å². The summed E-state index contributed by atoms with van der Waals surface area (Å²) in [5, 5.41) is 0. The van der Waals surface area contributed by atoms with Gasteiger partial charge in [-0.1, -0.05) is 19.1 Å². The second-order valence-corrected chi connectivity index (χ2v) is 5.53. The van der Waals surface area contributed by atoms with Crippen molar-refractivity contribution in [2.75, 3.05) is 45.0 Å². The van der Waals surface area contributed by atoms with Crippen molar-refractivity contribution in [2.24, 2.45) is 0 Å². The van der Waals surface area contributed by atoms with Gasteiger partial charge in [0.05, 0.1) is 0 Å². The molecule has 0 bridgehead atoms. The molecule has 0 saturated carbocycles. The number of hydrogen-bond acceptors (Lipinski definition) is 3.